The maximum atomic E-state index is 14.3. The molecule has 0 unspecified atom stereocenters. The van der Waals surface area contributed by atoms with Gasteiger partial charge < -0.3 is 0 Å². The second kappa shape index (κ2) is 11.1. The van der Waals surface area contributed by atoms with Gasteiger partial charge in [0.1, 0.15) is 0 Å². The molecular formula is C33H28F3N5OS2. The minimum Gasteiger partial charge on any atom is -0.265 e. The van der Waals surface area contributed by atoms with Crippen LogP contribution < -0.4 is 0 Å². The molecule has 5 heterocycles. The highest BCUT2D eigenvalue weighted by atomic mass is 32.1. The minimum absolute atomic E-state index is 0.0149. The molecule has 1 amide bonds. The van der Waals surface area contributed by atoms with E-state index in [0.29, 0.717) is 5.56 Å². The molecule has 1 aliphatic heterocycles. The maximum absolute atomic E-state index is 14.3. The number of aromatic nitrogens is 3. The SMILES string of the molecule is CC(C)c1ccc(-c2cc(C(F)(F)F)n3nc(C(=O)N4N=C5/C(=C\c6cccs6)CCC[C@@H]5[C@H]4c4cccs4)cc3n2)cc1. The normalized spacial score (nSPS) is 19.6. The zero-order chi connectivity index (χ0) is 30.6. The number of thiophene rings is 2. The van der Waals surface area contributed by atoms with E-state index >= 15 is 0 Å². The van der Waals surface area contributed by atoms with Crippen molar-refractivity contribution >= 4 is 46.0 Å². The van der Waals surface area contributed by atoms with E-state index in [4.69, 9.17) is 5.10 Å². The first kappa shape index (κ1) is 28.7. The van der Waals surface area contributed by atoms with Crippen molar-refractivity contribution in [2.24, 2.45) is 11.0 Å². The lowest BCUT2D eigenvalue weighted by Gasteiger charge is -2.28. The summed E-state index contributed by atoms with van der Waals surface area (Å²) >= 11 is 3.18. The Labute approximate surface area is 260 Å². The molecule has 11 heteroatoms. The van der Waals surface area contributed by atoms with Gasteiger partial charge in [-0.05, 0) is 71.4 Å². The van der Waals surface area contributed by atoms with Gasteiger partial charge in [-0.2, -0.15) is 23.4 Å². The number of hydrogen-bond donors (Lipinski definition) is 0. The molecule has 1 aliphatic carbocycles. The molecule has 7 rings (SSSR count). The first-order chi connectivity index (χ1) is 21.2. The number of fused-ring (bicyclic) bond motifs is 2. The molecule has 0 spiro atoms. The van der Waals surface area contributed by atoms with Crippen LogP contribution in [-0.2, 0) is 6.18 Å². The smallest absolute Gasteiger partial charge is 0.265 e. The molecule has 224 valence electrons. The largest absolute Gasteiger partial charge is 0.433 e. The minimum atomic E-state index is -4.72. The number of rotatable bonds is 5. The van der Waals surface area contributed by atoms with Gasteiger partial charge in [-0.3, -0.25) is 4.79 Å². The Kier molecular flexibility index (Phi) is 7.25. The van der Waals surface area contributed by atoms with Gasteiger partial charge in [0.25, 0.3) is 5.91 Å². The number of halogens is 3. The Hall–Kier alpha value is -4.09. The van der Waals surface area contributed by atoms with Crippen LogP contribution in [0.5, 0.6) is 0 Å². The van der Waals surface area contributed by atoms with Crippen molar-refractivity contribution in [1.82, 2.24) is 19.6 Å². The summed E-state index contributed by atoms with van der Waals surface area (Å²) in [5.41, 5.74) is 2.54. The number of carbonyl (C=O) groups excluding carboxylic acids is 1. The lowest BCUT2D eigenvalue weighted by atomic mass is 9.79. The van der Waals surface area contributed by atoms with Crippen molar-refractivity contribution in [3.8, 4) is 11.3 Å². The molecule has 2 atom stereocenters. The van der Waals surface area contributed by atoms with Crippen LogP contribution in [0.15, 0.2) is 82.1 Å². The Morgan fingerprint density at radius 1 is 1.05 bits per heavy atom. The Bertz CT molecular complexity index is 1890. The predicted molar refractivity (Wildman–Crippen MR) is 168 cm³/mol. The second-order valence-electron chi connectivity index (χ2n) is 11.4. The van der Waals surface area contributed by atoms with Crippen molar-refractivity contribution < 1.29 is 18.0 Å². The fourth-order valence-electron chi connectivity index (χ4n) is 6.04. The van der Waals surface area contributed by atoms with E-state index < -0.39 is 17.8 Å². The molecule has 0 radical (unpaired) electrons. The van der Waals surface area contributed by atoms with Crippen LogP contribution in [0.4, 0.5) is 13.2 Å². The number of nitrogens with zero attached hydrogens (tertiary/aromatic N) is 5. The topological polar surface area (TPSA) is 62.9 Å². The number of allylic oxidation sites excluding steroid dienone is 1. The zero-order valence-corrected chi connectivity index (χ0v) is 25.6. The second-order valence-corrected chi connectivity index (χ2v) is 13.3. The molecule has 1 fully saturated rings. The van der Waals surface area contributed by atoms with Gasteiger partial charge in [0.2, 0.25) is 0 Å². The Balaban J connectivity index is 1.31. The van der Waals surface area contributed by atoms with Gasteiger partial charge in [-0.15, -0.1) is 22.7 Å². The van der Waals surface area contributed by atoms with Gasteiger partial charge in [-0.25, -0.2) is 14.5 Å². The van der Waals surface area contributed by atoms with Crippen molar-refractivity contribution in [3.05, 3.63) is 104 Å². The van der Waals surface area contributed by atoms with Gasteiger partial charge in [0.05, 0.1) is 17.4 Å². The van der Waals surface area contributed by atoms with Gasteiger partial charge in [0.15, 0.2) is 17.0 Å². The summed E-state index contributed by atoms with van der Waals surface area (Å²) in [4.78, 5) is 20.7. The first-order valence-corrected chi connectivity index (χ1v) is 16.2. The van der Waals surface area contributed by atoms with Crippen molar-refractivity contribution in [2.45, 2.75) is 51.2 Å². The van der Waals surface area contributed by atoms with Crippen LogP contribution in [0, 0.1) is 5.92 Å². The summed E-state index contributed by atoms with van der Waals surface area (Å²) < 4.78 is 43.7. The standard InChI is InChI=1S/C33H28F3N5OS2/c1-19(2)20-10-12-21(13-11-20)25-17-28(33(34,35)36)40-29(37-25)18-26(38-40)32(42)41-31(27-9-5-15-44-27)24-8-3-6-22(30(24)39-41)16-23-7-4-14-43-23/h4-5,7,9-19,24,31H,3,6,8H2,1-2H3/b22-16-/t24-,31-/m0/s1. The van der Waals surface area contributed by atoms with Crippen LogP contribution >= 0.6 is 22.7 Å². The fourth-order valence-corrected chi connectivity index (χ4v) is 7.59. The predicted octanol–water partition coefficient (Wildman–Crippen LogP) is 9.10. The van der Waals surface area contributed by atoms with Crippen LogP contribution in [0.1, 0.15) is 76.6 Å². The van der Waals surface area contributed by atoms with Gasteiger partial charge >= 0.3 is 6.18 Å². The third-order valence-corrected chi connectivity index (χ3v) is 9.98. The third-order valence-electron chi connectivity index (χ3n) is 8.21. The van der Waals surface area contributed by atoms with E-state index in [2.05, 4.69) is 30.0 Å². The van der Waals surface area contributed by atoms with Gasteiger partial charge in [0, 0.05) is 27.3 Å². The lowest BCUT2D eigenvalue weighted by molar-refractivity contribution is -0.142. The molecule has 0 bridgehead atoms. The summed E-state index contributed by atoms with van der Waals surface area (Å²) in [6, 6.07) is 17.2. The van der Waals surface area contributed by atoms with Crippen LogP contribution in [0.2, 0.25) is 0 Å². The molecule has 1 saturated carbocycles. The molecule has 0 saturated heterocycles. The fraction of sp³-hybridized carbons (Fsp3) is 0.273. The lowest BCUT2D eigenvalue weighted by Crippen LogP contribution is -2.31. The summed E-state index contributed by atoms with van der Waals surface area (Å²) in [5, 5.41) is 14.4. The van der Waals surface area contributed by atoms with E-state index in [-0.39, 0.29) is 34.9 Å². The van der Waals surface area contributed by atoms with Crippen LogP contribution in [-0.4, -0.2) is 31.2 Å². The summed E-state index contributed by atoms with van der Waals surface area (Å²) in [5.74, 6) is -0.284. The Morgan fingerprint density at radius 2 is 1.82 bits per heavy atom. The summed E-state index contributed by atoms with van der Waals surface area (Å²) in [7, 11) is 0. The van der Waals surface area contributed by atoms with Gasteiger partial charge in [-0.1, -0.05) is 50.2 Å². The van der Waals surface area contributed by atoms with E-state index in [0.717, 1.165) is 56.4 Å². The number of carbonyl (C=O) groups is 1. The zero-order valence-electron chi connectivity index (χ0n) is 24.0. The van der Waals surface area contributed by atoms with Crippen LogP contribution in [0.3, 0.4) is 0 Å². The molecule has 4 aromatic heterocycles. The van der Waals surface area contributed by atoms with Crippen molar-refractivity contribution in [3.63, 3.8) is 0 Å². The van der Waals surface area contributed by atoms with E-state index in [1.165, 1.54) is 11.1 Å². The average molecular weight is 632 g/mol. The van der Waals surface area contributed by atoms with E-state index in [9.17, 15) is 18.0 Å². The molecule has 1 aromatic carbocycles. The highest BCUT2D eigenvalue weighted by Gasteiger charge is 2.45. The number of hydrazone groups is 1. The van der Waals surface area contributed by atoms with Crippen LogP contribution in [0.25, 0.3) is 23.0 Å². The quantitative estimate of drug-likeness (QED) is 0.194. The van der Waals surface area contributed by atoms with Crippen molar-refractivity contribution in [2.75, 3.05) is 0 Å². The molecule has 2 aliphatic rings. The molecular weight excluding hydrogens is 604 g/mol. The molecule has 44 heavy (non-hydrogen) atoms. The molecule has 6 nitrogen and oxygen atoms in total. The average Bonchev–Trinajstić information content (AvgIpc) is 3.82. The summed E-state index contributed by atoms with van der Waals surface area (Å²) in [6.45, 7) is 4.10. The Morgan fingerprint density at radius 3 is 2.50 bits per heavy atom. The maximum Gasteiger partial charge on any atom is 0.433 e. The number of amides is 1. The molecule has 5 aromatic rings. The third kappa shape index (κ3) is 5.17. The van der Waals surface area contributed by atoms with E-state index in [1.54, 1.807) is 34.8 Å². The highest BCUT2D eigenvalue weighted by molar-refractivity contribution is 7.11. The monoisotopic (exact) mass is 631 g/mol. The highest BCUT2D eigenvalue weighted by Crippen LogP contribution is 2.46. The van der Waals surface area contributed by atoms with E-state index in [1.807, 2.05) is 47.2 Å². The number of alkyl halides is 3. The first-order valence-electron chi connectivity index (χ1n) is 14.5. The number of hydrogen-bond acceptors (Lipinski definition) is 6. The molecule has 0 N–H and O–H groups in total. The number of benzene rings is 1. The summed E-state index contributed by atoms with van der Waals surface area (Å²) in [6.07, 6.45) is 0.0785. The van der Waals surface area contributed by atoms with Crippen molar-refractivity contribution in [1.29, 1.82) is 0 Å².